The molecule has 118 valence electrons. The highest BCUT2D eigenvalue weighted by atomic mass is 19.4. The van der Waals surface area contributed by atoms with Crippen LogP contribution in [0.5, 0.6) is 0 Å². The summed E-state index contributed by atoms with van der Waals surface area (Å²) >= 11 is 0. The summed E-state index contributed by atoms with van der Waals surface area (Å²) < 4.78 is 39.6. The van der Waals surface area contributed by atoms with Crippen molar-refractivity contribution in [2.75, 3.05) is 0 Å². The van der Waals surface area contributed by atoms with Crippen molar-refractivity contribution < 1.29 is 13.2 Å². The Labute approximate surface area is 124 Å². The number of benzene rings is 1. The molecular weight excluding hydrogens is 275 g/mol. The Morgan fingerprint density at radius 2 is 1.57 bits per heavy atom. The van der Waals surface area contributed by atoms with Gasteiger partial charge in [0.05, 0.1) is 5.56 Å². The Hall–Kier alpha value is -1.03. The first-order chi connectivity index (χ1) is 9.54. The van der Waals surface area contributed by atoms with E-state index in [1.54, 1.807) is 12.1 Å². The normalized spacial score (nSPS) is 27.7. The van der Waals surface area contributed by atoms with Gasteiger partial charge in [-0.3, -0.25) is 0 Å². The van der Waals surface area contributed by atoms with E-state index in [0.29, 0.717) is 18.8 Å². The fraction of sp³-hybridized carbons (Fsp3) is 0.647. The van der Waals surface area contributed by atoms with E-state index in [4.69, 9.17) is 5.73 Å². The third kappa shape index (κ3) is 3.42. The van der Waals surface area contributed by atoms with Crippen molar-refractivity contribution in [3.05, 3.63) is 35.4 Å². The minimum Gasteiger partial charge on any atom is -0.321 e. The SMILES string of the molecule is CC(C)(C)C1CCC(N)(c2ccccc2C(F)(F)F)CC1. The first-order valence-corrected chi connectivity index (χ1v) is 7.50. The first-order valence-electron chi connectivity index (χ1n) is 7.50. The topological polar surface area (TPSA) is 26.0 Å². The molecule has 0 saturated heterocycles. The summed E-state index contributed by atoms with van der Waals surface area (Å²) in [6.45, 7) is 6.56. The first kappa shape index (κ1) is 16.3. The molecule has 0 amide bonds. The van der Waals surface area contributed by atoms with Crippen LogP contribution >= 0.6 is 0 Å². The molecular formula is C17H24F3N. The molecule has 1 aliphatic rings. The second-order valence-electron chi connectivity index (χ2n) is 7.34. The minimum absolute atomic E-state index is 0.185. The van der Waals surface area contributed by atoms with Crippen LogP contribution in [-0.4, -0.2) is 0 Å². The maximum absolute atomic E-state index is 13.2. The van der Waals surface area contributed by atoms with Crippen LogP contribution < -0.4 is 5.73 Å². The zero-order chi connectivity index (χ0) is 15.9. The molecule has 1 aromatic rings. The quantitative estimate of drug-likeness (QED) is 0.767. The van der Waals surface area contributed by atoms with Gasteiger partial charge >= 0.3 is 6.18 Å². The molecule has 1 aromatic carbocycles. The van der Waals surface area contributed by atoms with Gasteiger partial charge in [0.15, 0.2) is 0 Å². The average molecular weight is 299 g/mol. The van der Waals surface area contributed by atoms with Crippen molar-refractivity contribution in [2.24, 2.45) is 17.1 Å². The molecule has 0 radical (unpaired) electrons. The molecule has 2 rings (SSSR count). The van der Waals surface area contributed by atoms with E-state index in [1.165, 1.54) is 6.07 Å². The van der Waals surface area contributed by atoms with Gasteiger partial charge in [-0.2, -0.15) is 13.2 Å². The van der Waals surface area contributed by atoms with Gasteiger partial charge in [-0.05, 0) is 48.6 Å². The second-order valence-corrected chi connectivity index (χ2v) is 7.34. The summed E-state index contributed by atoms with van der Waals surface area (Å²) in [6, 6.07) is 5.76. The van der Waals surface area contributed by atoms with Crippen LogP contribution in [0, 0.1) is 11.3 Å². The summed E-state index contributed by atoms with van der Waals surface area (Å²) in [7, 11) is 0. The zero-order valence-corrected chi connectivity index (χ0v) is 12.9. The van der Waals surface area contributed by atoms with E-state index in [2.05, 4.69) is 20.8 Å². The fourth-order valence-corrected chi connectivity index (χ4v) is 3.43. The fourth-order valence-electron chi connectivity index (χ4n) is 3.43. The smallest absolute Gasteiger partial charge is 0.321 e. The molecule has 0 atom stereocenters. The van der Waals surface area contributed by atoms with Crippen molar-refractivity contribution in [2.45, 2.75) is 58.2 Å². The molecule has 0 aliphatic heterocycles. The largest absolute Gasteiger partial charge is 0.416 e. The monoisotopic (exact) mass is 299 g/mol. The third-order valence-electron chi connectivity index (χ3n) is 4.87. The second kappa shape index (κ2) is 5.31. The molecule has 0 spiro atoms. The van der Waals surface area contributed by atoms with Gasteiger partial charge in [0.25, 0.3) is 0 Å². The Kier molecular flexibility index (Phi) is 4.13. The van der Waals surface area contributed by atoms with Crippen LogP contribution in [0.25, 0.3) is 0 Å². The lowest BCUT2D eigenvalue weighted by Gasteiger charge is -2.43. The molecule has 1 aliphatic carbocycles. The lowest BCUT2D eigenvalue weighted by atomic mass is 9.65. The van der Waals surface area contributed by atoms with E-state index >= 15 is 0 Å². The van der Waals surface area contributed by atoms with Crippen LogP contribution in [-0.2, 0) is 11.7 Å². The van der Waals surface area contributed by atoms with Gasteiger partial charge in [0.1, 0.15) is 0 Å². The van der Waals surface area contributed by atoms with Crippen molar-refractivity contribution in [1.82, 2.24) is 0 Å². The van der Waals surface area contributed by atoms with Crippen molar-refractivity contribution in [1.29, 1.82) is 0 Å². The summed E-state index contributed by atoms with van der Waals surface area (Å²) in [4.78, 5) is 0. The summed E-state index contributed by atoms with van der Waals surface area (Å²) in [5.41, 5.74) is 5.39. The van der Waals surface area contributed by atoms with Gasteiger partial charge in [-0.25, -0.2) is 0 Å². The van der Waals surface area contributed by atoms with Crippen LogP contribution in [0.1, 0.15) is 57.6 Å². The lowest BCUT2D eigenvalue weighted by Crippen LogP contribution is -2.43. The van der Waals surface area contributed by atoms with E-state index in [1.807, 2.05) is 0 Å². The predicted octanol–water partition coefficient (Wildman–Crippen LogP) is 5.10. The molecule has 4 heteroatoms. The average Bonchev–Trinajstić information content (AvgIpc) is 2.37. The molecule has 2 N–H and O–H groups in total. The number of hydrogen-bond acceptors (Lipinski definition) is 1. The van der Waals surface area contributed by atoms with Crippen LogP contribution in [0.2, 0.25) is 0 Å². The van der Waals surface area contributed by atoms with Crippen molar-refractivity contribution in [3.8, 4) is 0 Å². The number of alkyl halides is 3. The molecule has 1 fully saturated rings. The van der Waals surface area contributed by atoms with Gasteiger partial charge in [-0.15, -0.1) is 0 Å². The summed E-state index contributed by atoms with van der Waals surface area (Å²) in [5.74, 6) is 0.521. The van der Waals surface area contributed by atoms with E-state index in [9.17, 15) is 13.2 Å². The third-order valence-corrected chi connectivity index (χ3v) is 4.87. The highest BCUT2D eigenvalue weighted by molar-refractivity contribution is 5.36. The number of halogens is 3. The summed E-state index contributed by atoms with van der Waals surface area (Å²) in [6.07, 6.45) is -1.35. The van der Waals surface area contributed by atoms with Gasteiger partial charge < -0.3 is 5.73 Å². The number of hydrogen-bond donors (Lipinski definition) is 1. The molecule has 0 aromatic heterocycles. The molecule has 1 saturated carbocycles. The van der Waals surface area contributed by atoms with E-state index in [0.717, 1.165) is 18.9 Å². The Morgan fingerprint density at radius 3 is 2.05 bits per heavy atom. The Morgan fingerprint density at radius 1 is 1.05 bits per heavy atom. The molecule has 0 heterocycles. The van der Waals surface area contributed by atoms with Crippen LogP contribution in [0.4, 0.5) is 13.2 Å². The van der Waals surface area contributed by atoms with Gasteiger partial charge in [0.2, 0.25) is 0 Å². The molecule has 0 unspecified atom stereocenters. The molecule has 21 heavy (non-hydrogen) atoms. The highest BCUT2D eigenvalue weighted by Crippen LogP contribution is 2.46. The maximum Gasteiger partial charge on any atom is 0.416 e. The summed E-state index contributed by atoms with van der Waals surface area (Å²) in [5, 5.41) is 0. The molecule has 0 bridgehead atoms. The van der Waals surface area contributed by atoms with Crippen LogP contribution in [0.15, 0.2) is 24.3 Å². The van der Waals surface area contributed by atoms with Crippen LogP contribution in [0.3, 0.4) is 0 Å². The zero-order valence-electron chi connectivity index (χ0n) is 12.9. The minimum atomic E-state index is -4.34. The van der Waals surface area contributed by atoms with E-state index < -0.39 is 17.3 Å². The van der Waals surface area contributed by atoms with Crippen molar-refractivity contribution >= 4 is 0 Å². The lowest BCUT2D eigenvalue weighted by molar-refractivity contribution is -0.139. The predicted molar refractivity (Wildman–Crippen MR) is 78.7 cm³/mol. The van der Waals surface area contributed by atoms with Crippen molar-refractivity contribution in [3.63, 3.8) is 0 Å². The van der Waals surface area contributed by atoms with Gasteiger partial charge in [-0.1, -0.05) is 39.0 Å². The molecule has 1 nitrogen and oxygen atoms in total. The Balaban J connectivity index is 2.28. The number of nitrogens with two attached hydrogens (primary N) is 1. The highest BCUT2D eigenvalue weighted by Gasteiger charge is 2.42. The maximum atomic E-state index is 13.2. The van der Waals surface area contributed by atoms with Gasteiger partial charge in [0, 0.05) is 5.54 Å². The Bertz CT molecular complexity index is 491. The van der Waals surface area contributed by atoms with E-state index in [-0.39, 0.29) is 11.0 Å². The number of rotatable bonds is 1. The standard InChI is InChI=1S/C17H24F3N/c1-15(2,3)12-8-10-16(21,11-9-12)13-6-4-5-7-14(13)17(18,19)20/h4-7,12H,8-11,21H2,1-3H3.